The van der Waals surface area contributed by atoms with Crippen molar-refractivity contribution >= 4 is 11.6 Å². The zero-order chi connectivity index (χ0) is 21.6. The molecule has 2 heterocycles. The van der Waals surface area contributed by atoms with Crippen molar-refractivity contribution in [2.24, 2.45) is 5.10 Å². The third kappa shape index (κ3) is 5.00. The minimum absolute atomic E-state index is 0.333. The maximum absolute atomic E-state index is 12.5. The van der Waals surface area contributed by atoms with Crippen LogP contribution in [-0.4, -0.2) is 46.9 Å². The van der Waals surface area contributed by atoms with Crippen molar-refractivity contribution in [1.29, 1.82) is 0 Å². The number of carbonyl (C=O) groups is 1. The molecule has 1 saturated heterocycles. The quantitative estimate of drug-likeness (QED) is 0.452. The van der Waals surface area contributed by atoms with Gasteiger partial charge in [-0.15, -0.1) is 0 Å². The average Bonchev–Trinajstić information content (AvgIpc) is 3.50. The molecule has 2 aromatic carbocycles. The Morgan fingerprint density at radius 3 is 2.68 bits per heavy atom. The van der Waals surface area contributed by atoms with E-state index in [9.17, 15) is 4.79 Å². The van der Waals surface area contributed by atoms with Crippen molar-refractivity contribution in [3.63, 3.8) is 0 Å². The predicted molar refractivity (Wildman–Crippen MR) is 121 cm³/mol. The minimum atomic E-state index is -0.333. The first-order valence-electron chi connectivity index (χ1n) is 10.5. The van der Waals surface area contributed by atoms with Crippen molar-refractivity contribution in [3.8, 4) is 17.0 Å². The van der Waals surface area contributed by atoms with E-state index in [-0.39, 0.29) is 5.91 Å². The molecule has 7 nitrogen and oxygen atoms in total. The normalized spacial score (nSPS) is 14.6. The third-order valence-electron chi connectivity index (χ3n) is 5.51. The Hall–Kier alpha value is -3.45. The number of ether oxygens (including phenoxy) is 1. The van der Waals surface area contributed by atoms with Crippen LogP contribution in [0.2, 0.25) is 0 Å². The van der Waals surface area contributed by atoms with Gasteiger partial charge in [0.25, 0.3) is 5.91 Å². The molecule has 0 saturated carbocycles. The number of carbonyl (C=O) groups excluding carboxylic acids is 1. The SMILES string of the molecule is COc1ccc(/C(C)=N\NC(=O)c2cc(-c3ccccc3)n[nH]2)cc1CN1CCCC1. The van der Waals surface area contributed by atoms with Crippen LogP contribution in [0.25, 0.3) is 11.3 Å². The first kappa shape index (κ1) is 20.8. The smallest absolute Gasteiger partial charge is 0.289 e. The van der Waals surface area contributed by atoms with Gasteiger partial charge in [-0.25, -0.2) is 5.43 Å². The Morgan fingerprint density at radius 1 is 1.16 bits per heavy atom. The first-order valence-corrected chi connectivity index (χ1v) is 10.5. The number of aromatic amines is 1. The summed E-state index contributed by atoms with van der Waals surface area (Å²) in [6.07, 6.45) is 2.49. The summed E-state index contributed by atoms with van der Waals surface area (Å²) in [5, 5.41) is 11.3. The van der Waals surface area contributed by atoms with Crippen LogP contribution in [0.5, 0.6) is 5.75 Å². The Balaban J connectivity index is 1.45. The molecule has 0 radical (unpaired) electrons. The highest BCUT2D eigenvalue weighted by Crippen LogP contribution is 2.24. The number of benzene rings is 2. The lowest BCUT2D eigenvalue weighted by Gasteiger charge is -2.17. The van der Waals surface area contributed by atoms with E-state index in [1.54, 1.807) is 13.2 Å². The minimum Gasteiger partial charge on any atom is -0.496 e. The van der Waals surface area contributed by atoms with Crippen LogP contribution >= 0.6 is 0 Å². The Labute approximate surface area is 182 Å². The van der Waals surface area contributed by atoms with Gasteiger partial charge in [-0.1, -0.05) is 30.3 Å². The molecular formula is C24H27N5O2. The van der Waals surface area contributed by atoms with Crippen molar-refractivity contribution < 1.29 is 9.53 Å². The molecule has 0 unspecified atom stereocenters. The topological polar surface area (TPSA) is 82.6 Å². The molecule has 2 N–H and O–H groups in total. The number of hydrogen-bond donors (Lipinski definition) is 2. The van der Waals surface area contributed by atoms with Crippen molar-refractivity contribution in [2.45, 2.75) is 26.3 Å². The number of hydrogen-bond acceptors (Lipinski definition) is 5. The summed E-state index contributed by atoms with van der Waals surface area (Å²) in [6.45, 7) is 4.97. The van der Waals surface area contributed by atoms with Gasteiger partial charge in [-0.2, -0.15) is 10.2 Å². The summed E-state index contributed by atoms with van der Waals surface area (Å²) in [5.41, 5.74) is 7.44. The van der Waals surface area contributed by atoms with Gasteiger partial charge < -0.3 is 4.74 Å². The van der Waals surface area contributed by atoms with Crippen LogP contribution in [-0.2, 0) is 6.54 Å². The zero-order valence-electron chi connectivity index (χ0n) is 17.9. The molecule has 160 valence electrons. The standard InChI is InChI=1S/C24H27N5O2/c1-17(19-10-11-23(31-2)20(14-19)16-29-12-6-7-13-29)25-28-24(30)22-15-21(26-27-22)18-8-4-3-5-9-18/h3-5,8-11,14-15H,6-7,12-13,16H2,1-2H3,(H,26,27)(H,28,30)/b25-17-. The van der Waals surface area contributed by atoms with Crippen LogP contribution in [0.4, 0.5) is 0 Å². The number of nitrogens with one attached hydrogen (secondary N) is 2. The molecule has 0 spiro atoms. The van der Waals surface area contributed by atoms with Gasteiger partial charge in [0, 0.05) is 17.7 Å². The largest absolute Gasteiger partial charge is 0.496 e. The highest BCUT2D eigenvalue weighted by molar-refractivity contribution is 6.00. The number of hydrazone groups is 1. The number of H-pyrrole nitrogens is 1. The molecule has 0 atom stereocenters. The lowest BCUT2D eigenvalue weighted by molar-refractivity contribution is 0.0950. The van der Waals surface area contributed by atoms with E-state index in [0.29, 0.717) is 11.4 Å². The van der Waals surface area contributed by atoms with Gasteiger partial charge in [0.1, 0.15) is 11.4 Å². The molecule has 1 amide bonds. The lowest BCUT2D eigenvalue weighted by Crippen LogP contribution is -2.20. The molecule has 1 aromatic heterocycles. The lowest BCUT2D eigenvalue weighted by atomic mass is 10.1. The second kappa shape index (κ2) is 9.57. The molecule has 3 aromatic rings. The molecule has 4 rings (SSSR count). The fraction of sp³-hybridized carbons (Fsp3) is 0.292. The molecular weight excluding hydrogens is 390 g/mol. The van der Waals surface area contributed by atoms with E-state index in [2.05, 4.69) is 31.7 Å². The zero-order valence-corrected chi connectivity index (χ0v) is 17.9. The molecule has 7 heteroatoms. The second-order valence-corrected chi connectivity index (χ2v) is 7.68. The fourth-order valence-corrected chi connectivity index (χ4v) is 3.76. The molecule has 0 bridgehead atoms. The van der Waals surface area contributed by atoms with Gasteiger partial charge in [0.15, 0.2) is 0 Å². The maximum Gasteiger partial charge on any atom is 0.289 e. The van der Waals surface area contributed by atoms with E-state index >= 15 is 0 Å². The van der Waals surface area contributed by atoms with Crippen LogP contribution in [0.3, 0.4) is 0 Å². The molecule has 1 aliphatic heterocycles. The summed E-state index contributed by atoms with van der Waals surface area (Å²) < 4.78 is 5.54. The summed E-state index contributed by atoms with van der Waals surface area (Å²) in [6, 6.07) is 17.4. The van der Waals surface area contributed by atoms with E-state index in [0.717, 1.165) is 47.8 Å². The van der Waals surface area contributed by atoms with Crippen molar-refractivity contribution in [3.05, 3.63) is 71.4 Å². The predicted octanol–water partition coefficient (Wildman–Crippen LogP) is 3.84. The summed E-state index contributed by atoms with van der Waals surface area (Å²) in [7, 11) is 1.69. The van der Waals surface area contributed by atoms with Gasteiger partial charge in [-0.3, -0.25) is 14.8 Å². The number of rotatable bonds is 7. The van der Waals surface area contributed by atoms with Gasteiger partial charge in [0.2, 0.25) is 0 Å². The van der Waals surface area contributed by atoms with E-state index in [1.165, 1.54) is 12.8 Å². The van der Waals surface area contributed by atoms with E-state index in [4.69, 9.17) is 4.74 Å². The van der Waals surface area contributed by atoms with E-state index in [1.807, 2.05) is 49.4 Å². The van der Waals surface area contributed by atoms with Crippen LogP contribution < -0.4 is 10.2 Å². The Kier molecular flexibility index (Phi) is 6.43. The number of amides is 1. The summed E-state index contributed by atoms with van der Waals surface area (Å²) in [4.78, 5) is 14.9. The molecule has 1 fully saturated rings. The maximum atomic E-state index is 12.5. The highest BCUT2D eigenvalue weighted by atomic mass is 16.5. The number of nitrogens with zero attached hydrogens (tertiary/aromatic N) is 3. The van der Waals surface area contributed by atoms with Gasteiger partial charge in [0.05, 0.1) is 18.5 Å². The van der Waals surface area contributed by atoms with Crippen LogP contribution in [0.15, 0.2) is 59.7 Å². The van der Waals surface area contributed by atoms with Gasteiger partial charge in [-0.05, 0) is 62.7 Å². The number of likely N-dealkylation sites (tertiary alicyclic amines) is 1. The average molecular weight is 418 g/mol. The van der Waals surface area contributed by atoms with Crippen molar-refractivity contribution in [1.82, 2.24) is 20.5 Å². The van der Waals surface area contributed by atoms with Gasteiger partial charge >= 0.3 is 0 Å². The summed E-state index contributed by atoms with van der Waals surface area (Å²) >= 11 is 0. The molecule has 0 aliphatic carbocycles. The first-order chi connectivity index (χ1) is 15.1. The molecule has 31 heavy (non-hydrogen) atoms. The highest BCUT2D eigenvalue weighted by Gasteiger charge is 2.15. The van der Waals surface area contributed by atoms with Crippen molar-refractivity contribution in [2.75, 3.05) is 20.2 Å². The second-order valence-electron chi connectivity index (χ2n) is 7.68. The number of aromatic nitrogens is 2. The third-order valence-corrected chi connectivity index (χ3v) is 5.51. The monoisotopic (exact) mass is 417 g/mol. The van der Waals surface area contributed by atoms with Crippen LogP contribution in [0.1, 0.15) is 41.4 Å². The summed E-state index contributed by atoms with van der Waals surface area (Å²) in [5.74, 6) is 0.540. The van der Waals surface area contributed by atoms with Crippen LogP contribution in [0, 0.1) is 0 Å². The number of methoxy groups -OCH3 is 1. The Morgan fingerprint density at radius 2 is 1.94 bits per heavy atom. The fourth-order valence-electron chi connectivity index (χ4n) is 3.76. The van der Waals surface area contributed by atoms with E-state index < -0.39 is 0 Å². The molecule has 1 aliphatic rings. The Bertz CT molecular complexity index is 1070.